The summed E-state index contributed by atoms with van der Waals surface area (Å²) >= 11 is 0. The Labute approximate surface area is 78.4 Å². The maximum Gasteiger partial charge on any atom is 0.153 e. The molecule has 1 aliphatic rings. The Morgan fingerprint density at radius 1 is 1.77 bits per heavy atom. The summed E-state index contributed by atoms with van der Waals surface area (Å²) in [5, 5.41) is 17.8. The number of aliphatic hydroxyl groups is 1. The predicted octanol–water partition coefficient (Wildman–Crippen LogP) is 1.27. The zero-order chi connectivity index (χ0) is 9.90. The summed E-state index contributed by atoms with van der Waals surface area (Å²) in [6.07, 6.45) is 2.54. The van der Waals surface area contributed by atoms with Gasteiger partial charge in [0.15, 0.2) is 5.78 Å². The van der Waals surface area contributed by atoms with Crippen molar-refractivity contribution >= 4 is 5.78 Å². The quantitative estimate of drug-likeness (QED) is 0.713. The van der Waals surface area contributed by atoms with Gasteiger partial charge in [-0.1, -0.05) is 6.92 Å². The Balaban J connectivity index is 2.71. The van der Waals surface area contributed by atoms with Gasteiger partial charge in [-0.15, -0.1) is 0 Å². The molecule has 1 rings (SSSR count). The molecular formula is C10H15NO2. The third-order valence-electron chi connectivity index (χ3n) is 2.76. The minimum Gasteiger partial charge on any atom is -0.396 e. The van der Waals surface area contributed by atoms with E-state index in [0.29, 0.717) is 19.3 Å². The average molecular weight is 181 g/mol. The molecule has 1 N–H and O–H groups in total. The van der Waals surface area contributed by atoms with Gasteiger partial charge in [-0.3, -0.25) is 4.79 Å². The lowest BCUT2D eigenvalue weighted by atomic mass is 9.79. The van der Waals surface area contributed by atoms with Crippen molar-refractivity contribution in [2.75, 3.05) is 6.61 Å². The SMILES string of the molecule is CC(CO)CC1(C#N)CCCC1=O. The molecule has 3 nitrogen and oxygen atoms in total. The van der Waals surface area contributed by atoms with Crippen LogP contribution in [0.25, 0.3) is 0 Å². The summed E-state index contributed by atoms with van der Waals surface area (Å²) in [6, 6.07) is 2.13. The number of ketones is 1. The zero-order valence-corrected chi connectivity index (χ0v) is 7.92. The number of hydrogen-bond acceptors (Lipinski definition) is 3. The number of nitrogens with zero attached hydrogens (tertiary/aromatic N) is 1. The van der Waals surface area contributed by atoms with Crippen molar-refractivity contribution in [2.24, 2.45) is 11.3 Å². The molecule has 0 saturated heterocycles. The predicted molar refractivity (Wildman–Crippen MR) is 47.8 cm³/mol. The minimum absolute atomic E-state index is 0.0432. The second-order valence-electron chi connectivity index (χ2n) is 3.96. The summed E-state index contributed by atoms with van der Waals surface area (Å²) in [5.41, 5.74) is -0.776. The fraction of sp³-hybridized carbons (Fsp3) is 0.800. The van der Waals surface area contributed by atoms with Crippen LogP contribution < -0.4 is 0 Å². The van der Waals surface area contributed by atoms with E-state index in [1.165, 1.54) is 0 Å². The molecule has 0 aromatic heterocycles. The number of nitriles is 1. The number of rotatable bonds is 3. The molecule has 2 atom stereocenters. The number of carbonyl (C=O) groups is 1. The lowest BCUT2D eigenvalue weighted by Gasteiger charge is -2.21. The first-order valence-electron chi connectivity index (χ1n) is 4.70. The first-order valence-corrected chi connectivity index (χ1v) is 4.70. The lowest BCUT2D eigenvalue weighted by Crippen LogP contribution is -2.27. The number of aliphatic hydroxyl groups excluding tert-OH is 1. The van der Waals surface area contributed by atoms with E-state index >= 15 is 0 Å². The zero-order valence-electron chi connectivity index (χ0n) is 7.92. The molecule has 0 amide bonds. The average Bonchev–Trinajstić information content (AvgIpc) is 2.48. The maximum absolute atomic E-state index is 11.5. The number of Topliss-reactive ketones (excluding diaryl/α,β-unsaturated/α-hetero) is 1. The van der Waals surface area contributed by atoms with Crippen LogP contribution in [0, 0.1) is 22.7 Å². The monoisotopic (exact) mass is 181 g/mol. The third kappa shape index (κ3) is 1.89. The van der Waals surface area contributed by atoms with Crippen LogP contribution in [0.4, 0.5) is 0 Å². The summed E-state index contributed by atoms with van der Waals surface area (Å²) in [4.78, 5) is 11.5. The van der Waals surface area contributed by atoms with Gasteiger partial charge in [-0.2, -0.15) is 5.26 Å². The Bertz CT molecular complexity index is 244. The number of hydrogen-bond donors (Lipinski definition) is 1. The molecule has 0 aromatic carbocycles. The van der Waals surface area contributed by atoms with Gasteiger partial charge in [0.05, 0.1) is 6.07 Å². The highest BCUT2D eigenvalue weighted by atomic mass is 16.3. The fourth-order valence-electron chi connectivity index (χ4n) is 1.97. The van der Waals surface area contributed by atoms with Gasteiger partial charge in [0.2, 0.25) is 0 Å². The Morgan fingerprint density at radius 2 is 2.46 bits per heavy atom. The standard InChI is InChI=1S/C10H15NO2/c1-8(6-12)5-10(7-11)4-2-3-9(10)13/h8,12H,2-6H2,1H3. The van der Waals surface area contributed by atoms with Gasteiger partial charge in [-0.25, -0.2) is 0 Å². The van der Waals surface area contributed by atoms with Gasteiger partial charge in [0.1, 0.15) is 5.41 Å². The van der Waals surface area contributed by atoms with E-state index in [9.17, 15) is 4.79 Å². The third-order valence-corrected chi connectivity index (χ3v) is 2.76. The first-order chi connectivity index (χ1) is 6.14. The van der Waals surface area contributed by atoms with Crippen LogP contribution >= 0.6 is 0 Å². The Kier molecular flexibility index (Phi) is 3.05. The van der Waals surface area contributed by atoms with Crippen molar-refractivity contribution in [3.63, 3.8) is 0 Å². The van der Waals surface area contributed by atoms with E-state index in [1.807, 2.05) is 6.92 Å². The molecule has 0 spiro atoms. The fourth-order valence-corrected chi connectivity index (χ4v) is 1.97. The van der Waals surface area contributed by atoms with Crippen LogP contribution in [0.3, 0.4) is 0 Å². The van der Waals surface area contributed by atoms with Crippen LogP contribution in [0.15, 0.2) is 0 Å². The van der Waals surface area contributed by atoms with E-state index in [-0.39, 0.29) is 18.3 Å². The van der Waals surface area contributed by atoms with Crippen LogP contribution in [0.5, 0.6) is 0 Å². The summed E-state index contributed by atoms with van der Waals surface area (Å²) in [5.74, 6) is 0.108. The lowest BCUT2D eigenvalue weighted by molar-refractivity contribution is -0.124. The second-order valence-corrected chi connectivity index (χ2v) is 3.96. The van der Waals surface area contributed by atoms with Crippen LogP contribution in [-0.2, 0) is 4.79 Å². The molecule has 0 radical (unpaired) electrons. The highest BCUT2D eigenvalue weighted by molar-refractivity contribution is 5.89. The molecule has 13 heavy (non-hydrogen) atoms. The van der Waals surface area contributed by atoms with Crippen molar-refractivity contribution in [2.45, 2.75) is 32.6 Å². The van der Waals surface area contributed by atoms with E-state index in [4.69, 9.17) is 10.4 Å². The normalized spacial score (nSPS) is 30.1. The topological polar surface area (TPSA) is 61.1 Å². The van der Waals surface area contributed by atoms with E-state index < -0.39 is 5.41 Å². The molecule has 1 aliphatic carbocycles. The highest BCUT2D eigenvalue weighted by Gasteiger charge is 2.42. The minimum atomic E-state index is -0.776. The van der Waals surface area contributed by atoms with Crippen molar-refractivity contribution in [1.82, 2.24) is 0 Å². The molecule has 72 valence electrons. The molecule has 2 unspecified atom stereocenters. The van der Waals surface area contributed by atoms with Gasteiger partial charge >= 0.3 is 0 Å². The van der Waals surface area contributed by atoms with E-state index in [0.717, 1.165) is 6.42 Å². The van der Waals surface area contributed by atoms with E-state index in [2.05, 4.69) is 6.07 Å². The first kappa shape index (κ1) is 10.2. The van der Waals surface area contributed by atoms with Gasteiger partial charge < -0.3 is 5.11 Å². The molecule has 0 aromatic rings. The number of carbonyl (C=O) groups excluding carboxylic acids is 1. The van der Waals surface area contributed by atoms with Crippen LogP contribution in [0.1, 0.15) is 32.6 Å². The molecule has 0 heterocycles. The maximum atomic E-state index is 11.5. The van der Waals surface area contributed by atoms with Crippen molar-refractivity contribution in [3.8, 4) is 6.07 Å². The Hall–Kier alpha value is -0.880. The van der Waals surface area contributed by atoms with Crippen molar-refractivity contribution in [3.05, 3.63) is 0 Å². The van der Waals surface area contributed by atoms with Gasteiger partial charge in [-0.05, 0) is 25.2 Å². The largest absolute Gasteiger partial charge is 0.396 e. The summed E-state index contributed by atoms with van der Waals surface area (Å²) in [7, 11) is 0. The molecule has 1 fully saturated rings. The smallest absolute Gasteiger partial charge is 0.153 e. The second kappa shape index (κ2) is 3.89. The molecule has 1 saturated carbocycles. The molecular weight excluding hydrogens is 166 g/mol. The molecule has 0 bridgehead atoms. The molecule has 0 aliphatic heterocycles. The van der Waals surface area contributed by atoms with Crippen molar-refractivity contribution < 1.29 is 9.90 Å². The van der Waals surface area contributed by atoms with Crippen LogP contribution in [0.2, 0.25) is 0 Å². The van der Waals surface area contributed by atoms with E-state index in [1.54, 1.807) is 0 Å². The van der Waals surface area contributed by atoms with Gasteiger partial charge in [0.25, 0.3) is 0 Å². The highest BCUT2D eigenvalue weighted by Crippen LogP contribution is 2.39. The summed E-state index contributed by atoms with van der Waals surface area (Å²) < 4.78 is 0. The summed E-state index contributed by atoms with van der Waals surface area (Å²) in [6.45, 7) is 1.92. The van der Waals surface area contributed by atoms with Crippen LogP contribution in [-0.4, -0.2) is 17.5 Å². The molecule has 3 heteroatoms. The van der Waals surface area contributed by atoms with Crippen molar-refractivity contribution in [1.29, 1.82) is 5.26 Å². The Morgan fingerprint density at radius 3 is 2.85 bits per heavy atom. The van der Waals surface area contributed by atoms with Gasteiger partial charge in [0, 0.05) is 13.0 Å².